The minimum atomic E-state index is 0.382. The maximum atomic E-state index is 6.13. The first kappa shape index (κ1) is 23.3. The lowest BCUT2D eigenvalue weighted by molar-refractivity contribution is 0.00534. The van der Waals surface area contributed by atoms with Crippen LogP contribution in [0.15, 0.2) is 59.7 Å². The molecule has 4 rings (SSSR count). The first-order chi connectivity index (χ1) is 16.2. The van der Waals surface area contributed by atoms with Crippen molar-refractivity contribution in [3.8, 4) is 0 Å². The number of nitrogens with one attached hydrogen (secondary N) is 2. The largest absolute Gasteiger partial charge is 0.378 e. The molecule has 7 nitrogen and oxygen atoms in total. The number of rotatable bonds is 9. The van der Waals surface area contributed by atoms with E-state index < -0.39 is 0 Å². The van der Waals surface area contributed by atoms with Crippen LogP contribution in [0.3, 0.4) is 0 Å². The summed E-state index contributed by atoms with van der Waals surface area (Å²) in [7, 11) is 1.79. The van der Waals surface area contributed by atoms with E-state index in [0.717, 1.165) is 69.3 Å². The smallest absolute Gasteiger partial charge is 0.191 e. The highest BCUT2D eigenvalue weighted by atomic mass is 16.5. The molecule has 0 bridgehead atoms. The highest BCUT2D eigenvalue weighted by Gasteiger charge is 2.19. The Bertz CT molecular complexity index is 1020. The number of imidazole rings is 1. The number of fused-ring (bicyclic) bond motifs is 1. The van der Waals surface area contributed by atoms with Gasteiger partial charge in [0.1, 0.15) is 5.65 Å². The van der Waals surface area contributed by atoms with E-state index in [-0.39, 0.29) is 0 Å². The van der Waals surface area contributed by atoms with Gasteiger partial charge in [0.25, 0.3) is 0 Å². The Morgan fingerprint density at radius 2 is 1.91 bits per heavy atom. The quantitative estimate of drug-likeness (QED) is 0.298. The van der Waals surface area contributed by atoms with E-state index in [1.165, 1.54) is 11.3 Å². The van der Waals surface area contributed by atoms with Crippen molar-refractivity contribution in [1.82, 2.24) is 24.9 Å². The third kappa shape index (κ3) is 6.79. The molecule has 0 aliphatic carbocycles. The molecule has 7 heteroatoms. The highest BCUT2D eigenvalue weighted by molar-refractivity contribution is 5.79. The van der Waals surface area contributed by atoms with E-state index in [1.54, 1.807) is 7.05 Å². The number of aliphatic imine (C=N–C) groups is 1. The van der Waals surface area contributed by atoms with Crippen LogP contribution in [0.5, 0.6) is 0 Å². The molecule has 2 aromatic heterocycles. The van der Waals surface area contributed by atoms with Crippen LogP contribution in [0.1, 0.15) is 36.2 Å². The van der Waals surface area contributed by atoms with Crippen LogP contribution in [0.25, 0.3) is 5.65 Å². The molecular formula is C26H36N6O. The Kier molecular flexibility index (Phi) is 8.33. The molecule has 0 amide bonds. The molecular weight excluding hydrogens is 412 g/mol. The summed E-state index contributed by atoms with van der Waals surface area (Å²) in [5.41, 5.74) is 4.53. The SMILES string of the molecule is CN=C(NCCCOC1CCN(Cc2ccccc2)CC1)NCc1cn2c(C)cccc2n1. The van der Waals surface area contributed by atoms with Gasteiger partial charge in [0, 0.05) is 51.7 Å². The van der Waals surface area contributed by atoms with Gasteiger partial charge in [0.2, 0.25) is 0 Å². The second-order valence-corrected chi connectivity index (χ2v) is 8.67. The van der Waals surface area contributed by atoms with E-state index in [9.17, 15) is 0 Å². The van der Waals surface area contributed by atoms with E-state index in [4.69, 9.17) is 4.74 Å². The Balaban J connectivity index is 1.09. The molecule has 0 unspecified atom stereocenters. The summed E-state index contributed by atoms with van der Waals surface area (Å²) >= 11 is 0. The Morgan fingerprint density at radius 1 is 1.09 bits per heavy atom. The minimum Gasteiger partial charge on any atom is -0.378 e. The summed E-state index contributed by atoms with van der Waals surface area (Å²) in [5.74, 6) is 0.790. The van der Waals surface area contributed by atoms with Crippen LogP contribution in [0, 0.1) is 6.92 Å². The summed E-state index contributed by atoms with van der Waals surface area (Å²) in [6.45, 7) is 7.59. The van der Waals surface area contributed by atoms with Gasteiger partial charge >= 0.3 is 0 Å². The summed E-state index contributed by atoms with van der Waals surface area (Å²) < 4.78 is 8.24. The number of hydrogen-bond donors (Lipinski definition) is 2. The van der Waals surface area contributed by atoms with Crippen molar-refractivity contribution in [2.45, 2.75) is 45.4 Å². The Morgan fingerprint density at radius 3 is 2.67 bits per heavy atom. The number of guanidine groups is 1. The lowest BCUT2D eigenvalue weighted by atomic mass is 10.1. The zero-order valence-electron chi connectivity index (χ0n) is 19.8. The number of hydrogen-bond acceptors (Lipinski definition) is 4. The van der Waals surface area contributed by atoms with Crippen LogP contribution in [-0.4, -0.2) is 59.6 Å². The lowest BCUT2D eigenvalue weighted by Crippen LogP contribution is -2.38. The summed E-state index contributed by atoms with van der Waals surface area (Å²) in [6.07, 6.45) is 5.64. The fourth-order valence-corrected chi connectivity index (χ4v) is 4.28. The fourth-order valence-electron chi connectivity index (χ4n) is 4.28. The average Bonchev–Trinajstić information content (AvgIpc) is 3.27. The summed E-state index contributed by atoms with van der Waals surface area (Å²) in [5, 5.41) is 6.72. The van der Waals surface area contributed by atoms with Crippen LogP contribution in [-0.2, 0) is 17.8 Å². The number of pyridine rings is 1. The molecule has 1 saturated heterocycles. The predicted octanol–water partition coefficient (Wildman–Crippen LogP) is 3.38. The third-order valence-corrected chi connectivity index (χ3v) is 6.16. The third-order valence-electron chi connectivity index (χ3n) is 6.16. The second-order valence-electron chi connectivity index (χ2n) is 8.67. The van der Waals surface area contributed by atoms with Gasteiger partial charge in [-0.3, -0.25) is 9.89 Å². The predicted molar refractivity (Wildman–Crippen MR) is 133 cm³/mol. The van der Waals surface area contributed by atoms with Crippen molar-refractivity contribution >= 4 is 11.6 Å². The number of likely N-dealkylation sites (tertiary alicyclic amines) is 1. The zero-order valence-corrected chi connectivity index (χ0v) is 19.8. The maximum absolute atomic E-state index is 6.13. The standard InChI is InChI=1S/C26H36N6O/c1-21-8-6-11-25-30-23(20-32(21)25)18-29-26(27-2)28-14-7-17-33-24-12-15-31(16-13-24)19-22-9-4-3-5-10-22/h3-6,8-11,20,24H,7,12-19H2,1-2H3,(H2,27,28,29). The van der Waals surface area contributed by atoms with Gasteiger partial charge < -0.3 is 19.8 Å². The van der Waals surface area contributed by atoms with Crippen molar-refractivity contribution in [2.75, 3.05) is 33.3 Å². The molecule has 33 heavy (non-hydrogen) atoms. The van der Waals surface area contributed by atoms with Gasteiger partial charge in [-0.25, -0.2) is 4.98 Å². The molecule has 1 aromatic carbocycles. The van der Waals surface area contributed by atoms with Crippen LogP contribution < -0.4 is 10.6 Å². The monoisotopic (exact) mass is 448 g/mol. The van der Waals surface area contributed by atoms with Crippen LogP contribution >= 0.6 is 0 Å². The molecule has 3 heterocycles. The van der Waals surface area contributed by atoms with Crippen molar-refractivity contribution in [3.05, 3.63) is 71.7 Å². The topological polar surface area (TPSA) is 66.2 Å². The van der Waals surface area contributed by atoms with E-state index in [1.807, 2.05) is 12.1 Å². The second kappa shape index (κ2) is 11.8. The highest BCUT2D eigenvalue weighted by Crippen LogP contribution is 2.16. The van der Waals surface area contributed by atoms with E-state index >= 15 is 0 Å². The van der Waals surface area contributed by atoms with Gasteiger partial charge in [-0.2, -0.15) is 0 Å². The molecule has 2 N–H and O–H groups in total. The molecule has 0 radical (unpaired) electrons. The number of benzene rings is 1. The molecule has 0 atom stereocenters. The first-order valence-electron chi connectivity index (χ1n) is 12.0. The number of nitrogens with zero attached hydrogens (tertiary/aromatic N) is 4. The van der Waals surface area contributed by atoms with Gasteiger partial charge in [0.15, 0.2) is 5.96 Å². The fraction of sp³-hybridized carbons (Fsp3) is 0.462. The van der Waals surface area contributed by atoms with Crippen molar-refractivity contribution in [2.24, 2.45) is 4.99 Å². The summed E-state index contributed by atoms with van der Waals surface area (Å²) in [6, 6.07) is 16.9. The molecule has 1 fully saturated rings. The Labute approximate surface area is 196 Å². The Hall–Kier alpha value is -2.90. The van der Waals surface area contributed by atoms with Gasteiger partial charge in [-0.15, -0.1) is 0 Å². The van der Waals surface area contributed by atoms with Crippen molar-refractivity contribution in [3.63, 3.8) is 0 Å². The molecule has 0 spiro atoms. The van der Waals surface area contributed by atoms with Crippen molar-refractivity contribution < 1.29 is 4.74 Å². The van der Waals surface area contributed by atoms with Crippen LogP contribution in [0.2, 0.25) is 0 Å². The van der Waals surface area contributed by atoms with Gasteiger partial charge in [-0.1, -0.05) is 36.4 Å². The summed E-state index contributed by atoms with van der Waals surface area (Å²) in [4.78, 5) is 11.5. The number of piperidine rings is 1. The zero-order chi connectivity index (χ0) is 22.9. The van der Waals surface area contributed by atoms with Crippen molar-refractivity contribution in [1.29, 1.82) is 0 Å². The number of ether oxygens (including phenoxy) is 1. The normalized spacial score (nSPS) is 15.8. The van der Waals surface area contributed by atoms with Crippen LogP contribution in [0.4, 0.5) is 0 Å². The lowest BCUT2D eigenvalue weighted by Gasteiger charge is -2.32. The number of aryl methyl sites for hydroxylation is 1. The minimum absolute atomic E-state index is 0.382. The average molecular weight is 449 g/mol. The molecule has 1 aliphatic heterocycles. The molecule has 0 saturated carbocycles. The van der Waals surface area contributed by atoms with E-state index in [2.05, 4.69) is 79.4 Å². The van der Waals surface area contributed by atoms with E-state index in [0.29, 0.717) is 12.6 Å². The first-order valence-corrected chi connectivity index (χ1v) is 12.0. The van der Waals surface area contributed by atoms with Gasteiger partial charge in [-0.05, 0) is 43.9 Å². The molecule has 1 aliphatic rings. The maximum Gasteiger partial charge on any atom is 0.191 e. The number of aromatic nitrogens is 2. The molecule has 3 aromatic rings. The molecule has 176 valence electrons. The van der Waals surface area contributed by atoms with Gasteiger partial charge in [0.05, 0.1) is 18.3 Å².